The molecule has 3 aromatic rings. The Kier molecular flexibility index (Phi) is 5.99. The monoisotopic (exact) mass is 421 g/mol. The van der Waals surface area contributed by atoms with Crippen LogP contribution in [0.4, 0.5) is 5.69 Å². The van der Waals surface area contributed by atoms with Gasteiger partial charge in [0.15, 0.2) is 16.6 Å². The van der Waals surface area contributed by atoms with Gasteiger partial charge >= 0.3 is 0 Å². The van der Waals surface area contributed by atoms with Crippen molar-refractivity contribution < 1.29 is 14.2 Å². The maximum atomic E-state index is 5.79. The first-order valence-corrected chi connectivity index (χ1v) is 10.0. The fraction of sp³-hybridized carbons (Fsp3) is 0.217. The summed E-state index contributed by atoms with van der Waals surface area (Å²) in [5.41, 5.74) is 4.10. The number of aryl methyl sites for hydroxylation is 1. The van der Waals surface area contributed by atoms with E-state index in [1.807, 2.05) is 61.7 Å². The van der Waals surface area contributed by atoms with Gasteiger partial charge in [0.1, 0.15) is 5.75 Å². The summed E-state index contributed by atoms with van der Waals surface area (Å²) in [4.78, 5) is 6.32. The Labute approximate surface area is 181 Å². The summed E-state index contributed by atoms with van der Waals surface area (Å²) in [5, 5.41) is 3.95. The van der Waals surface area contributed by atoms with Gasteiger partial charge in [0.2, 0.25) is 6.79 Å². The highest BCUT2D eigenvalue weighted by atomic mass is 32.1. The SMILES string of the molecule is COc1ccc(C)cc1NC(=S)N(Cc1cccnc1)Cc1ccc2c(c1)OCO2. The van der Waals surface area contributed by atoms with E-state index in [2.05, 4.69) is 15.2 Å². The topological polar surface area (TPSA) is 55.9 Å². The zero-order chi connectivity index (χ0) is 20.9. The number of pyridine rings is 1. The van der Waals surface area contributed by atoms with Gasteiger partial charge in [-0.2, -0.15) is 0 Å². The molecule has 1 N–H and O–H groups in total. The lowest BCUT2D eigenvalue weighted by molar-refractivity contribution is 0.174. The number of ether oxygens (including phenoxy) is 3. The van der Waals surface area contributed by atoms with Crippen LogP contribution in [0.25, 0.3) is 0 Å². The highest BCUT2D eigenvalue weighted by Crippen LogP contribution is 2.33. The van der Waals surface area contributed by atoms with Gasteiger partial charge in [-0.05, 0) is 66.2 Å². The van der Waals surface area contributed by atoms with E-state index < -0.39 is 0 Å². The van der Waals surface area contributed by atoms with Crippen LogP contribution in [0.15, 0.2) is 60.9 Å². The van der Waals surface area contributed by atoms with Gasteiger partial charge in [0.25, 0.3) is 0 Å². The number of hydrogen-bond acceptors (Lipinski definition) is 5. The molecule has 6 nitrogen and oxygen atoms in total. The predicted octanol–water partition coefficient (Wildman–Crippen LogP) is 4.53. The van der Waals surface area contributed by atoms with E-state index in [-0.39, 0.29) is 6.79 Å². The van der Waals surface area contributed by atoms with Crippen LogP contribution in [0, 0.1) is 6.92 Å². The van der Waals surface area contributed by atoms with Gasteiger partial charge in [0, 0.05) is 25.5 Å². The number of aromatic nitrogens is 1. The molecule has 1 aliphatic heterocycles. The Morgan fingerprint density at radius 3 is 2.73 bits per heavy atom. The number of nitrogens with zero attached hydrogens (tertiary/aromatic N) is 2. The van der Waals surface area contributed by atoms with Crippen molar-refractivity contribution in [3.8, 4) is 17.2 Å². The van der Waals surface area contributed by atoms with Gasteiger partial charge < -0.3 is 24.4 Å². The van der Waals surface area contributed by atoms with E-state index in [9.17, 15) is 0 Å². The smallest absolute Gasteiger partial charge is 0.231 e. The van der Waals surface area contributed by atoms with Crippen LogP contribution >= 0.6 is 12.2 Å². The minimum Gasteiger partial charge on any atom is -0.495 e. The van der Waals surface area contributed by atoms with Crippen molar-refractivity contribution in [2.45, 2.75) is 20.0 Å². The maximum Gasteiger partial charge on any atom is 0.231 e. The van der Waals surface area contributed by atoms with Crippen molar-refractivity contribution >= 4 is 23.0 Å². The van der Waals surface area contributed by atoms with Crippen LogP contribution < -0.4 is 19.5 Å². The van der Waals surface area contributed by atoms with Crippen LogP contribution in [0.5, 0.6) is 17.2 Å². The molecule has 30 heavy (non-hydrogen) atoms. The molecule has 0 spiro atoms. The maximum absolute atomic E-state index is 5.79. The molecule has 2 aromatic carbocycles. The Morgan fingerprint density at radius 1 is 1.10 bits per heavy atom. The molecule has 0 atom stereocenters. The third-order valence-electron chi connectivity index (χ3n) is 4.79. The zero-order valence-electron chi connectivity index (χ0n) is 16.9. The lowest BCUT2D eigenvalue weighted by Gasteiger charge is -2.27. The lowest BCUT2D eigenvalue weighted by atomic mass is 10.1. The highest BCUT2D eigenvalue weighted by Gasteiger charge is 2.17. The summed E-state index contributed by atoms with van der Waals surface area (Å²) < 4.78 is 16.4. The fourth-order valence-corrected chi connectivity index (χ4v) is 3.52. The second-order valence-corrected chi connectivity index (χ2v) is 7.43. The zero-order valence-corrected chi connectivity index (χ0v) is 17.7. The third kappa shape index (κ3) is 4.63. The molecule has 0 fully saturated rings. The Balaban J connectivity index is 1.58. The van der Waals surface area contributed by atoms with E-state index in [1.54, 1.807) is 13.3 Å². The van der Waals surface area contributed by atoms with Crippen LogP contribution in [0.3, 0.4) is 0 Å². The standard InChI is InChI=1S/C23H23N3O3S/c1-16-5-7-20(27-2)19(10-16)25-23(30)26(14-18-4-3-9-24-12-18)13-17-6-8-21-22(11-17)29-15-28-21/h3-12H,13-15H2,1-2H3,(H,25,30). The molecule has 1 aromatic heterocycles. The Bertz CT molecular complexity index is 1040. The predicted molar refractivity (Wildman–Crippen MR) is 120 cm³/mol. The largest absolute Gasteiger partial charge is 0.495 e. The van der Waals surface area contributed by atoms with E-state index in [0.717, 1.165) is 39.6 Å². The fourth-order valence-electron chi connectivity index (χ4n) is 3.29. The van der Waals surface area contributed by atoms with Gasteiger partial charge in [-0.15, -0.1) is 0 Å². The van der Waals surface area contributed by atoms with Crippen molar-refractivity contribution in [1.82, 2.24) is 9.88 Å². The molecule has 0 amide bonds. The minimum absolute atomic E-state index is 0.255. The van der Waals surface area contributed by atoms with E-state index in [0.29, 0.717) is 18.2 Å². The molecule has 7 heteroatoms. The van der Waals surface area contributed by atoms with E-state index in [4.69, 9.17) is 26.4 Å². The molecule has 0 saturated carbocycles. The molecular weight excluding hydrogens is 398 g/mol. The van der Waals surface area contributed by atoms with Crippen LogP contribution in [0.2, 0.25) is 0 Å². The summed E-state index contributed by atoms with van der Waals surface area (Å²) >= 11 is 5.79. The summed E-state index contributed by atoms with van der Waals surface area (Å²) in [6.07, 6.45) is 3.61. The van der Waals surface area contributed by atoms with Crippen molar-refractivity contribution in [1.29, 1.82) is 0 Å². The molecule has 0 saturated heterocycles. The number of fused-ring (bicyclic) bond motifs is 1. The molecule has 154 valence electrons. The first-order chi connectivity index (χ1) is 14.6. The minimum atomic E-state index is 0.255. The average Bonchev–Trinajstić information content (AvgIpc) is 3.22. The number of methoxy groups -OCH3 is 1. The van der Waals surface area contributed by atoms with Crippen LogP contribution in [-0.4, -0.2) is 28.9 Å². The first kappa shape index (κ1) is 20.0. The molecule has 0 unspecified atom stereocenters. The second kappa shape index (κ2) is 9.00. The summed E-state index contributed by atoms with van der Waals surface area (Å²) in [5.74, 6) is 2.27. The van der Waals surface area contributed by atoms with Gasteiger partial charge in [-0.1, -0.05) is 18.2 Å². The summed E-state index contributed by atoms with van der Waals surface area (Å²) in [6, 6.07) is 15.9. The summed E-state index contributed by atoms with van der Waals surface area (Å²) in [7, 11) is 1.65. The molecule has 0 radical (unpaired) electrons. The first-order valence-electron chi connectivity index (χ1n) is 9.60. The summed E-state index contributed by atoms with van der Waals surface area (Å²) in [6.45, 7) is 3.51. The number of benzene rings is 2. The second-order valence-electron chi connectivity index (χ2n) is 7.04. The van der Waals surface area contributed by atoms with Crippen molar-refractivity contribution in [2.75, 3.05) is 19.2 Å². The van der Waals surface area contributed by atoms with E-state index >= 15 is 0 Å². The molecular formula is C23H23N3O3S. The number of nitrogens with one attached hydrogen (secondary N) is 1. The normalized spacial score (nSPS) is 11.8. The Morgan fingerprint density at radius 2 is 1.93 bits per heavy atom. The molecule has 1 aliphatic rings. The van der Waals surface area contributed by atoms with Gasteiger partial charge in [-0.25, -0.2) is 0 Å². The van der Waals surface area contributed by atoms with Crippen LogP contribution in [0.1, 0.15) is 16.7 Å². The number of hydrogen-bond donors (Lipinski definition) is 1. The molecule has 4 rings (SSSR count). The van der Waals surface area contributed by atoms with Gasteiger partial charge in [-0.3, -0.25) is 4.98 Å². The van der Waals surface area contributed by atoms with Crippen molar-refractivity contribution in [3.05, 3.63) is 77.6 Å². The molecule has 2 heterocycles. The van der Waals surface area contributed by atoms with Crippen molar-refractivity contribution in [2.24, 2.45) is 0 Å². The molecule has 0 aliphatic carbocycles. The van der Waals surface area contributed by atoms with Gasteiger partial charge in [0.05, 0.1) is 12.8 Å². The third-order valence-corrected chi connectivity index (χ3v) is 5.15. The quantitative estimate of drug-likeness (QED) is 0.587. The van der Waals surface area contributed by atoms with Crippen LogP contribution in [-0.2, 0) is 13.1 Å². The number of thiocarbonyl (C=S) groups is 1. The average molecular weight is 422 g/mol. The highest BCUT2D eigenvalue weighted by molar-refractivity contribution is 7.80. The number of rotatable bonds is 6. The Hall–Kier alpha value is -3.32. The van der Waals surface area contributed by atoms with E-state index in [1.165, 1.54) is 0 Å². The van der Waals surface area contributed by atoms with Crippen molar-refractivity contribution in [3.63, 3.8) is 0 Å². The number of anilines is 1. The molecule has 0 bridgehead atoms. The lowest BCUT2D eigenvalue weighted by Crippen LogP contribution is -2.34.